The molecular weight excluding hydrogens is 444 g/mol. The molecule has 0 saturated carbocycles. The van der Waals surface area contributed by atoms with Crippen LogP contribution in [0.1, 0.15) is 25.3 Å². The molecule has 3 aromatic rings. The smallest absolute Gasteiger partial charge is 0.233 e. The van der Waals surface area contributed by atoms with Gasteiger partial charge in [-0.15, -0.1) is 5.10 Å². The molecule has 168 valence electrons. The topological polar surface area (TPSA) is 67.2 Å². The summed E-state index contributed by atoms with van der Waals surface area (Å²) in [5, 5.41) is 13.4. The predicted molar refractivity (Wildman–Crippen MR) is 129 cm³/mol. The fourth-order valence-electron chi connectivity index (χ4n) is 3.72. The third-order valence-corrected chi connectivity index (χ3v) is 6.71. The number of thioether (sulfide) groups is 1. The summed E-state index contributed by atoms with van der Waals surface area (Å²) in [6.07, 6.45) is 3.44. The summed E-state index contributed by atoms with van der Waals surface area (Å²) in [6, 6.07) is 16.1. The van der Waals surface area contributed by atoms with Gasteiger partial charge in [-0.25, -0.2) is 0 Å². The number of aromatic nitrogens is 4. The molecule has 1 fully saturated rings. The van der Waals surface area contributed by atoms with Crippen LogP contribution in [0.3, 0.4) is 0 Å². The number of rotatable bonds is 8. The molecule has 1 aromatic heterocycles. The fraction of sp³-hybridized carbons (Fsp3) is 0.391. The summed E-state index contributed by atoms with van der Waals surface area (Å²) in [4.78, 5) is 16.9. The lowest BCUT2D eigenvalue weighted by molar-refractivity contribution is -0.128. The lowest BCUT2D eigenvalue weighted by Crippen LogP contribution is -2.49. The average Bonchev–Trinajstić information content (AvgIpc) is 3.30. The largest absolute Gasteiger partial charge is 0.368 e. The van der Waals surface area contributed by atoms with Gasteiger partial charge >= 0.3 is 0 Å². The van der Waals surface area contributed by atoms with Crippen molar-refractivity contribution in [2.45, 2.75) is 31.3 Å². The highest BCUT2D eigenvalue weighted by Gasteiger charge is 2.22. The summed E-state index contributed by atoms with van der Waals surface area (Å²) in [7, 11) is 0. The number of amides is 1. The number of tetrazole rings is 1. The zero-order valence-corrected chi connectivity index (χ0v) is 19.7. The van der Waals surface area contributed by atoms with Crippen molar-refractivity contribution >= 4 is 35.0 Å². The van der Waals surface area contributed by atoms with E-state index in [1.807, 2.05) is 35.2 Å². The van der Waals surface area contributed by atoms with E-state index in [1.54, 1.807) is 4.68 Å². The second-order valence-corrected chi connectivity index (χ2v) is 9.16. The minimum absolute atomic E-state index is 0.102. The Labute approximate surface area is 197 Å². The molecule has 32 heavy (non-hydrogen) atoms. The number of hydrogen-bond donors (Lipinski definition) is 0. The van der Waals surface area contributed by atoms with Crippen molar-refractivity contribution < 1.29 is 4.79 Å². The first-order valence-corrected chi connectivity index (χ1v) is 12.3. The second kappa shape index (κ2) is 10.8. The van der Waals surface area contributed by atoms with Gasteiger partial charge in [0.15, 0.2) is 0 Å². The van der Waals surface area contributed by atoms with Gasteiger partial charge in [-0.2, -0.15) is 4.68 Å². The van der Waals surface area contributed by atoms with Crippen LogP contribution < -0.4 is 4.90 Å². The van der Waals surface area contributed by atoms with Gasteiger partial charge in [0.05, 0.1) is 11.4 Å². The van der Waals surface area contributed by atoms with Crippen LogP contribution in [0.2, 0.25) is 5.02 Å². The zero-order chi connectivity index (χ0) is 22.3. The highest BCUT2D eigenvalue weighted by Crippen LogP contribution is 2.22. The minimum atomic E-state index is 0.102. The van der Waals surface area contributed by atoms with Crippen LogP contribution in [0.15, 0.2) is 53.7 Å². The second-order valence-electron chi connectivity index (χ2n) is 7.78. The van der Waals surface area contributed by atoms with Crippen molar-refractivity contribution in [1.82, 2.24) is 25.1 Å². The Morgan fingerprint density at radius 1 is 1.06 bits per heavy atom. The molecule has 0 atom stereocenters. The van der Waals surface area contributed by atoms with E-state index < -0.39 is 0 Å². The van der Waals surface area contributed by atoms with E-state index in [0.29, 0.717) is 24.0 Å². The highest BCUT2D eigenvalue weighted by atomic mass is 35.5. The first-order valence-electron chi connectivity index (χ1n) is 10.9. The van der Waals surface area contributed by atoms with Crippen LogP contribution in [0, 0.1) is 0 Å². The van der Waals surface area contributed by atoms with Crippen LogP contribution in [-0.2, 0) is 11.2 Å². The third-order valence-electron chi connectivity index (χ3n) is 5.57. The van der Waals surface area contributed by atoms with Gasteiger partial charge in [-0.1, -0.05) is 54.9 Å². The molecule has 1 aliphatic heterocycles. The third kappa shape index (κ3) is 5.61. The molecule has 0 aliphatic carbocycles. The molecule has 7 nitrogen and oxygen atoms in total. The molecule has 0 unspecified atom stereocenters. The Hall–Kier alpha value is -2.58. The van der Waals surface area contributed by atoms with Crippen LogP contribution in [0.5, 0.6) is 0 Å². The van der Waals surface area contributed by atoms with Gasteiger partial charge in [0.25, 0.3) is 0 Å². The highest BCUT2D eigenvalue weighted by molar-refractivity contribution is 7.99. The minimum Gasteiger partial charge on any atom is -0.368 e. The molecule has 0 radical (unpaired) electrons. The molecule has 9 heteroatoms. The van der Waals surface area contributed by atoms with E-state index in [2.05, 4.69) is 45.5 Å². The van der Waals surface area contributed by atoms with Crippen LogP contribution in [0.4, 0.5) is 5.69 Å². The van der Waals surface area contributed by atoms with E-state index in [-0.39, 0.29) is 5.91 Å². The van der Waals surface area contributed by atoms with Crippen molar-refractivity contribution in [2.24, 2.45) is 0 Å². The lowest BCUT2D eigenvalue weighted by Gasteiger charge is -2.36. The lowest BCUT2D eigenvalue weighted by atomic mass is 10.1. The number of nitrogens with zero attached hydrogens (tertiary/aromatic N) is 6. The molecule has 4 rings (SSSR count). The SMILES string of the molecule is CCCCc1ccc(-n2nnnc2SCC(=O)N2CCN(c3cccc(Cl)c3)CC2)cc1. The normalized spacial score (nSPS) is 14.1. The van der Waals surface area contributed by atoms with E-state index in [4.69, 9.17) is 11.6 Å². The van der Waals surface area contributed by atoms with Crippen molar-refractivity contribution in [3.05, 3.63) is 59.1 Å². The van der Waals surface area contributed by atoms with Gasteiger partial charge in [0.1, 0.15) is 0 Å². The molecule has 1 saturated heterocycles. The maximum Gasteiger partial charge on any atom is 0.233 e. The molecule has 1 amide bonds. The van der Waals surface area contributed by atoms with E-state index in [1.165, 1.54) is 30.2 Å². The first-order chi connectivity index (χ1) is 15.6. The number of anilines is 1. The number of aryl methyl sites for hydroxylation is 1. The Morgan fingerprint density at radius 3 is 2.56 bits per heavy atom. The number of carbonyl (C=O) groups excluding carboxylic acids is 1. The van der Waals surface area contributed by atoms with Crippen LogP contribution in [0.25, 0.3) is 5.69 Å². The van der Waals surface area contributed by atoms with Crippen molar-refractivity contribution in [1.29, 1.82) is 0 Å². The van der Waals surface area contributed by atoms with E-state index >= 15 is 0 Å². The standard InChI is InChI=1S/C23H27ClN6OS/c1-2-3-5-18-8-10-20(11-9-18)30-23(25-26-27-30)32-17-22(31)29-14-12-28(13-15-29)21-7-4-6-19(24)16-21/h4,6-11,16H,2-3,5,12-15,17H2,1H3. The van der Waals surface area contributed by atoms with E-state index in [0.717, 1.165) is 35.9 Å². The van der Waals surface area contributed by atoms with Gasteiger partial charge < -0.3 is 9.80 Å². The summed E-state index contributed by atoms with van der Waals surface area (Å²) >= 11 is 7.48. The predicted octanol–water partition coefficient (Wildman–Crippen LogP) is 4.10. The number of halogens is 1. The Kier molecular flexibility index (Phi) is 7.65. The number of benzene rings is 2. The van der Waals surface area contributed by atoms with Crippen molar-refractivity contribution in [3.8, 4) is 5.69 Å². The Morgan fingerprint density at radius 2 is 1.84 bits per heavy atom. The molecule has 0 bridgehead atoms. The molecule has 1 aliphatic rings. The zero-order valence-electron chi connectivity index (χ0n) is 18.2. The summed E-state index contributed by atoms with van der Waals surface area (Å²) in [5.41, 5.74) is 3.31. The van der Waals surface area contributed by atoms with Gasteiger partial charge in [0, 0.05) is 36.9 Å². The van der Waals surface area contributed by atoms with Gasteiger partial charge in [-0.3, -0.25) is 4.79 Å². The molecular formula is C23H27ClN6OS. The maximum absolute atomic E-state index is 12.8. The summed E-state index contributed by atoms with van der Waals surface area (Å²) in [6.45, 7) is 5.16. The number of unbranched alkanes of at least 4 members (excludes halogenated alkanes) is 1. The monoisotopic (exact) mass is 470 g/mol. The quantitative estimate of drug-likeness (QED) is 0.462. The molecule has 2 heterocycles. The van der Waals surface area contributed by atoms with Crippen LogP contribution >= 0.6 is 23.4 Å². The van der Waals surface area contributed by atoms with E-state index in [9.17, 15) is 4.79 Å². The molecule has 2 aromatic carbocycles. The van der Waals surface area contributed by atoms with Crippen molar-refractivity contribution in [3.63, 3.8) is 0 Å². The number of hydrogen-bond acceptors (Lipinski definition) is 6. The van der Waals surface area contributed by atoms with Crippen LogP contribution in [-0.4, -0.2) is 62.9 Å². The Bertz CT molecular complexity index is 1030. The molecule has 0 N–H and O–H groups in total. The Balaban J connectivity index is 1.30. The number of piperazine rings is 1. The van der Waals surface area contributed by atoms with Gasteiger partial charge in [-0.05, 0) is 59.2 Å². The number of carbonyl (C=O) groups is 1. The average molecular weight is 471 g/mol. The first kappa shape index (κ1) is 22.6. The van der Waals surface area contributed by atoms with Crippen molar-refractivity contribution in [2.75, 3.05) is 36.8 Å². The molecule has 0 spiro atoms. The van der Waals surface area contributed by atoms with Gasteiger partial charge in [0.2, 0.25) is 11.1 Å². The maximum atomic E-state index is 12.8. The summed E-state index contributed by atoms with van der Waals surface area (Å²) in [5.74, 6) is 0.414. The fourth-order valence-corrected chi connectivity index (χ4v) is 4.70. The summed E-state index contributed by atoms with van der Waals surface area (Å²) < 4.78 is 1.69.